The van der Waals surface area contributed by atoms with E-state index in [0.717, 1.165) is 25.7 Å². The molecule has 0 atom stereocenters. The fourth-order valence-electron chi connectivity index (χ4n) is 2.14. The molecule has 0 aliphatic heterocycles. The molecule has 0 aromatic heterocycles. The van der Waals surface area contributed by atoms with Crippen molar-refractivity contribution >= 4 is 29.0 Å². The molecule has 0 saturated heterocycles. The Morgan fingerprint density at radius 1 is 1.19 bits per heavy atom. The van der Waals surface area contributed by atoms with E-state index in [2.05, 4.69) is 0 Å². The van der Waals surface area contributed by atoms with Gasteiger partial charge in [0.1, 0.15) is 10.8 Å². The van der Waals surface area contributed by atoms with Crippen molar-refractivity contribution in [2.24, 2.45) is 5.92 Å². The van der Waals surface area contributed by atoms with Gasteiger partial charge in [-0.15, -0.1) is 0 Å². The molecule has 0 radical (unpaired) electrons. The second-order valence-corrected chi connectivity index (χ2v) is 4.86. The third-order valence-corrected chi connectivity index (χ3v) is 3.93. The molecule has 1 aromatic carbocycles. The van der Waals surface area contributed by atoms with E-state index < -0.39 is 0 Å². The largest absolute Gasteiger partial charge is 0.506 e. The first kappa shape index (κ1) is 11.7. The third kappa shape index (κ3) is 2.04. The van der Waals surface area contributed by atoms with Crippen LogP contribution in [0.25, 0.3) is 0 Å². The van der Waals surface area contributed by atoms with Crippen molar-refractivity contribution in [1.82, 2.24) is 0 Å². The monoisotopic (exact) mass is 258 g/mol. The summed E-state index contributed by atoms with van der Waals surface area (Å²) in [5, 5.41) is 9.57. The standard InChI is InChI=1S/C12H12Cl2O2/c13-10-8(5-6-9(15)11(10)14)12(16)7-3-1-2-4-7/h5-7,15H,1-4H2. The van der Waals surface area contributed by atoms with Gasteiger partial charge < -0.3 is 5.11 Å². The van der Waals surface area contributed by atoms with Gasteiger partial charge in [-0.1, -0.05) is 36.0 Å². The summed E-state index contributed by atoms with van der Waals surface area (Å²) in [5.41, 5.74) is 0.427. The van der Waals surface area contributed by atoms with Gasteiger partial charge in [0.2, 0.25) is 0 Å². The predicted octanol–water partition coefficient (Wildman–Crippen LogP) is 4.07. The van der Waals surface area contributed by atoms with Crippen molar-refractivity contribution in [3.8, 4) is 5.75 Å². The van der Waals surface area contributed by atoms with Gasteiger partial charge in [0.05, 0.1) is 5.02 Å². The second kappa shape index (κ2) is 4.64. The van der Waals surface area contributed by atoms with Gasteiger partial charge in [-0.05, 0) is 25.0 Å². The molecule has 0 unspecified atom stereocenters. The summed E-state index contributed by atoms with van der Waals surface area (Å²) in [7, 11) is 0. The van der Waals surface area contributed by atoms with E-state index in [1.165, 1.54) is 6.07 Å². The van der Waals surface area contributed by atoms with Crippen LogP contribution < -0.4 is 0 Å². The number of Topliss-reactive ketones (excluding diaryl/α,β-unsaturated/α-hetero) is 1. The van der Waals surface area contributed by atoms with Crippen LogP contribution in [0, 0.1) is 5.92 Å². The second-order valence-electron chi connectivity index (χ2n) is 4.11. The van der Waals surface area contributed by atoms with E-state index >= 15 is 0 Å². The van der Waals surface area contributed by atoms with Crippen LogP contribution in [0.15, 0.2) is 12.1 Å². The van der Waals surface area contributed by atoms with Crippen LogP contribution in [-0.2, 0) is 0 Å². The van der Waals surface area contributed by atoms with Gasteiger partial charge >= 0.3 is 0 Å². The Hall–Kier alpha value is -0.730. The Morgan fingerprint density at radius 2 is 1.81 bits per heavy atom. The first-order chi connectivity index (χ1) is 7.61. The lowest BCUT2D eigenvalue weighted by molar-refractivity contribution is 0.0923. The molecule has 1 fully saturated rings. The summed E-state index contributed by atoms with van der Waals surface area (Å²) in [6, 6.07) is 2.96. The fraction of sp³-hybridized carbons (Fsp3) is 0.417. The van der Waals surface area contributed by atoms with Crippen molar-refractivity contribution in [2.75, 3.05) is 0 Å². The van der Waals surface area contributed by atoms with Crippen LogP contribution in [-0.4, -0.2) is 10.9 Å². The summed E-state index contributed by atoms with van der Waals surface area (Å²) < 4.78 is 0. The topological polar surface area (TPSA) is 37.3 Å². The highest BCUT2D eigenvalue weighted by Gasteiger charge is 2.26. The molecular formula is C12H12Cl2O2. The highest BCUT2D eigenvalue weighted by atomic mass is 35.5. The van der Waals surface area contributed by atoms with Crippen molar-refractivity contribution in [1.29, 1.82) is 0 Å². The Bertz CT molecular complexity index is 423. The average Bonchev–Trinajstić information content (AvgIpc) is 2.79. The highest BCUT2D eigenvalue weighted by Crippen LogP contribution is 2.37. The summed E-state index contributed by atoms with van der Waals surface area (Å²) in [4.78, 5) is 12.1. The normalized spacial score (nSPS) is 16.6. The number of benzene rings is 1. The number of hydrogen-bond acceptors (Lipinski definition) is 2. The lowest BCUT2D eigenvalue weighted by atomic mass is 9.96. The number of hydrogen-bond donors (Lipinski definition) is 1. The summed E-state index contributed by atoms with van der Waals surface area (Å²) in [5.74, 6) is 0.0251. The zero-order valence-corrected chi connectivity index (χ0v) is 10.2. The third-order valence-electron chi connectivity index (χ3n) is 3.05. The Kier molecular flexibility index (Phi) is 3.41. The van der Waals surface area contributed by atoms with Crippen molar-refractivity contribution in [3.63, 3.8) is 0 Å². The Balaban J connectivity index is 2.33. The first-order valence-corrected chi connectivity index (χ1v) is 6.08. The molecule has 16 heavy (non-hydrogen) atoms. The van der Waals surface area contributed by atoms with Gasteiger partial charge in [0, 0.05) is 11.5 Å². The van der Waals surface area contributed by atoms with E-state index in [1.807, 2.05) is 0 Å². The molecule has 1 aromatic rings. The summed E-state index contributed by atoms with van der Waals surface area (Å²) in [6.07, 6.45) is 4.04. The molecule has 2 nitrogen and oxygen atoms in total. The number of phenols is 1. The lowest BCUT2D eigenvalue weighted by Gasteiger charge is -2.10. The van der Waals surface area contributed by atoms with Crippen LogP contribution in [0.4, 0.5) is 0 Å². The van der Waals surface area contributed by atoms with Crippen LogP contribution in [0.5, 0.6) is 5.75 Å². The van der Waals surface area contributed by atoms with Gasteiger partial charge in [0.15, 0.2) is 5.78 Å². The zero-order chi connectivity index (χ0) is 11.7. The molecular weight excluding hydrogens is 247 g/mol. The molecule has 86 valence electrons. The fourth-order valence-corrected chi connectivity index (χ4v) is 2.56. The van der Waals surface area contributed by atoms with Gasteiger partial charge in [-0.3, -0.25) is 4.79 Å². The van der Waals surface area contributed by atoms with E-state index in [0.29, 0.717) is 5.56 Å². The number of carbonyl (C=O) groups excluding carboxylic acids is 1. The van der Waals surface area contributed by atoms with Gasteiger partial charge in [-0.25, -0.2) is 0 Å². The first-order valence-electron chi connectivity index (χ1n) is 5.32. The molecule has 1 aliphatic rings. The maximum Gasteiger partial charge on any atom is 0.167 e. The molecule has 0 amide bonds. The number of ketones is 1. The molecule has 1 saturated carbocycles. The maximum atomic E-state index is 12.1. The zero-order valence-electron chi connectivity index (χ0n) is 8.67. The van der Waals surface area contributed by atoms with E-state index in [-0.39, 0.29) is 27.5 Å². The van der Waals surface area contributed by atoms with Crippen LogP contribution in [0.3, 0.4) is 0 Å². The minimum Gasteiger partial charge on any atom is -0.506 e. The molecule has 0 heterocycles. The average molecular weight is 259 g/mol. The van der Waals surface area contributed by atoms with E-state index in [9.17, 15) is 9.90 Å². The Labute approximate surface area is 104 Å². The minimum absolute atomic E-state index is 0.0457. The quantitative estimate of drug-likeness (QED) is 0.813. The smallest absolute Gasteiger partial charge is 0.167 e. The summed E-state index contributed by atoms with van der Waals surface area (Å²) >= 11 is 11.8. The number of rotatable bonds is 2. The van der Waals surface area contributed by atoms with Crippen molar-refractivity contribution in [3.05, 3.63) is 27.7 Å². The predicted molar refractivity (Wildman–Crippen MR) is 64.4 cm³/mol. The molecule has 0 spiro atoms. The highest BCUT2D eigenvalue weighted by molar-refractivity contribution is 6.44. The van der Waals surface area contributed by atoms with Crippen LogP contribution >= 0.6 is 23.2 Å². The van der Waals surface area contributed by atoms with Crippen LogP contribution in [0.2, 0.25) is 10.0 Å². The molecule has 4 heteroatoms. The molecule has 2 rings (SSSR count). The van der Waals surface area contributed by atoms with Gasteiger partial charge in [0.25, 0.3) is 0 Å². The van der Waals surface area contributed by atoms with E-state index in [1.54, 1.807) is 6.07 Å². The molecule has 0 bridgehead atoms. The number of halogens is 2. The minimum atomic E-state index is -0.0883. The maximum absolute atomic E-state index is 12.1. The number of carbonyl (C=O) groups is 1. The number of phenolic OH excluding ortho intramolecular Hbond substituents is 1. The van der Waals surface area contributed by atoms with Crippen molar-refractivity contribution < 1.29 is 9.90 Å². The number of aromatic hydroxyl groups is 1. The van der Waals surface area contributed by atoms with Crippen molar-refractivity contribution in [2.45, 2.75) is 25.7 Å². The van der Waals surface area contributed by atoms with Gasteiger partial charge in [-0.2, -0.15) is 0 Å². The SMILES string of the molecule is O=C(c1ccc(O)c(Cl)c1Cl)C1CCCC1. The lowest BCUT2D eigenvalue weighted by Crippen LogP contribution is -2.11. The molecule has 1 aliphatic carbocycles. The van der Waals surface area contributed by atoms with Crippen LogP contribution in [0.1, 0.15) is 36.0 Å². The summed E-state index contributed by atoms with van der Waals surface area (Å²) in [6.45, 7) is 0. The van der Waals surface area contributed by atoms with E-state index in [4.69, 9.17) is 23.2 Å². The Morgan fingerprint density at radius 3 is 2.44 bits per heavy atom. The molecule has 1 N–H and O–H groups in total.